The van der Waals surface area contributed by atoms with Crippen molar-refractivity contribution in [2.45, 2.75) is 0 Å². The van der Waals surface area contributed by atoms with Crippen molar-refractivity contribution in [3.63, 3.8) is 0 Å². The molecule has 0 atom stereocenters. The minimum Gasteiger partial charge on any atom is -0.368 e. The van der Waals surface area contributed by atoms with E-state index in [9.17, 15) is 20.2 Å². The molecule has 0 bridgehead atoms. The molecule has 0 aromatic heterocycles. The Morgan fingerprint density at radius 1 is 1.08 bits per heavy atom. The van der Waals surface area contributed by atoms with Crippen LogP contribution in [0.25, 0.3) is 0 Å². The number of nitrogens with zero attached hydrogens (tertiary/aromatic N) is 4. The molecule has 0 saturated carbocycles. The summed E-state index contributed by atoms with van der Waals surface area (Å²) in [4.78, 5) is 25.7. The van der Waals surface area contributed by atoms with E-state index in [4.69, 9.17) is 5.73 Å². The van der Waals surface area contributed by atoms with Crippen LogP contribution in [-0.4, -0.2) is 37.0 Å². The zero-order valence-corrected chi connectivity index (χ0v) is 14.0. The van der Waals surface area contributed by atoms with E-state index in [1.165, 1.54) is 12.1 Å². The lowest BCUT2D eigenvalue weighted by atomic mass is 10.1. The molecule has 1 aliphatic heterocycles. The Labute approximate surface area is 150 Å². The first-order valence-electron chi connectivity index (χ1n) is 8.08. The van der Waals surface area contributed by atoms with Gasteiger partial charge in [-0.05, 0) is 30.3 Å². The number of rotatable bonds is 4. The summed E-state index contributed by atoms with van der Waals surface area (Å²) in [7, 11) is 0. The molecule has 1 amide bonds. The van der Waals surface area contributed by atoms with Gasteiger partial charge >= 0.3 is 0 Å². The molecule has 0 spiro atoms. The second kappa shape index (κ2) is 7.11. The van der Waals surface area contributed by atoms with Gasteiger partial charge < -0.3 is 15.5 Å². The van der Waals surface area contributed by atoms with E-state index in [1.54, 1.807) is 18.2 Å². The molecular formula is C18H17N5O3. The molecule has 8 nitrogen and oxygen atoms in total. The number of carbonyl (C=O) groups excluding carboxylic acids is 1. The first-order chi connectivity index (χ1) is 12.5. The maximum atomic E-state index is 11.1. The van der Waals surface area contributed by atoms with Gasteiger partial charge in [0.05, 0.1) is 16.2 Å². The van der Waals surface area contributed by atoms with Crippen LogP contribution in [0.1, 0.15) is 15.9 Å². The van der Waals surface area contributed by atoms with Crippen molar-refractivity contribution in [1.29, 1.82) is 5.26 Å². The quantitative estimate of drug-likeness (QED) is 0.664. The Balaban J connectivity index is 1.71. The summed E-state index contributed by atoms with van der Waals surface area (Å²) in [5, 5.41) is 20.2. The van der Waals surface area contributed by atoms with Crippen LogP contribution in [0.15, 0.2) is 42.5 Å². The van der Waals surface area contributed by atoms with E-state index in [0.717, 1.165) is 18.8 Å². The van der Waals surface area contributed by atoms with E-state index in [2.05, 4.69) is 9.80 Å². The molecule has 8 heteroatoms. The van der Waals surface area contributed by atoms with E-state index in [1.807, 2.05) is 18.2 Å². The number of non-ortho nitro benzene ring substituents is 1. The van der Waals surface area contributed by atoms with Gasteiger partial charge in [0.25, 0.3) is 5.69 Å². The molecule has 2 aromatic rings. The number of hydrogen-bond donors (Lipinski definition) is 1. The molecule has 0 aliphatic carbocycles. The Morgan fingerprint density at radius 2 is 1.69 bits per heavy atom. The van der Waals surface area contributed by atoms with Gasteiger partial charge in [-0.3, -0.25) is 14.9 Å². The predicted octanol–water partition coefficient (Wildman–Crippen LogP) is 1.89. The largest absolute Gasteiger partial charge is 0.368 e. The molecule has 2 aromatic carbocycles. The van der Waals surface area contributed by atoms with Crippen molar-refractivity contribution in [2.24, 2.45) is 5.73 Å². The van der Waals surface area contributed by atoms with E-state index >= 15 is 0 Å². The summed E-state index contributed by atoms with van der Waals surface area (Å²) in [6.07, 6.45) is 0. The van der Waals surface area contributed by atoms with Crippen molar-refractivity contribution in [2.75, 3.05) is 36.0 Å². The highest BCUT2D eigenvalue weighted by Crippen LogP contribution is 2.27. The molecule has 3 rings (SSSR count). The van der Waals surface area contributed by atoms with Gasteiger partial charge in [0.2, 0.25) is 5.91 Å². The van der Waals surface area contributed by atoms with Crippen molar-refractivity contribution < 1.29 is 9.72 Å². The number of nitro groups is 1. The summed E-state index contributed by atoms with van der Waals surface area (Å²) in [6, 6.07) is 13.5. The van der Waals surface area contributed by atoms with Gasteiger partial charge in [0.1, 0.15) is 6.07 Å². The van der Waals surface area contributed by atoms with Crippen molar-refractivity contribution in [1.82, 2.24) is 0 Å². The van der Waals surface area contributed by atoms with Gasteiger partial charge in [-0.25, -0.2) is 0 Å². The number of piperazine rings is 1. The molecule has 0 radical (unpaired) electrons. The summed E-state index contributed by atoms with van der Waals surface area (Å²) in [5.74, 6) is -0.455. The summed E-state index contributed by atoms with van der Waals surface area (Å²) in [5.41, 5.74) is 7.65. The maximum absolute atomic E-state index is 11.1. The first kappa shape index (κ1) is 17.2. The monoisotopic (exact) mass is 351 g/mol. The summed E-state index contributed by atoms with van der Waals surface area (Å²) >= 11 is 0. The Kier molecular flexibility index (Phi) is 4.71. The fraction of sp³-hybridized carbons (Fsp3) is 0.222. The lowest BCUT2D eigenvalue weighted by molar-refractivity contribution is -0.384. The average Bonchev–Trinajstić information content (AvgIpc) is 2.67. The van der Waals surface area contributed by atoms with Gasteiger partial charge in [-0.1, -0.05) is 0 Å². The molecule has 1 saturated heterocycles. The van der Waals surface area contributed by atoms with Crippen molar-refractivity contribution in [3.05, 3.63) is 63.7 Å². The lowest BCUT2D eigenvalue weighted by Gasteiger charge is -2.37. The van der Waals surface area contributed by atoms with E-state index in [-0.39, 0.29) is 5.69 Å². The number of primary amides is 1. The SMILES string of the molecule is N#Cc1cc([N+](=O)[O-])ccc1N1CCN(c2ccc(C(N)=O)cc2)CC1. The van der Waals surface area contributed by atoms with Crippen molar-refractivity contribution >= 4 is 23.0 Å². The Morgan fingerprint density at radius 3 is 2.23 bits per heavy atom. The minimum atomic E-state index is -0.502. The smallest absolute Gasteiger partial charge is 0.270 e. The Bertz CT molecular complexity index is 881. The lowest BCUT2D eigenvalue weighted by Crippen LogP contribution is -2.46. The predicted molar refractivity (Wildman–Crippen MR) is 97.2 cm³/mol. The molecule has 2 N–H and O–H groups in total. The summed E-state index contributed by atoms with van der Waals surface area (Å²) in [6.45, 7) is 2.84. The van der Waals surface area contributed by atoms with E-state index in [0.29, 0.717) is 29.9 Å². The molecule has 132 valence electrons. The molecule has 1 aliphatic rings. The number of carbonyl (C=O) groups is 1. The normalized spacial score (nSPS) is 14.0. The van der Waals surface area contributed by atoms with Gasteiger partial charge in [-0.15, -0.1) is 0 Å². The van der Waals surface area contributed by atoms with Crippen molar-refractivity contribution in [3.8, 4) is 6.07 Å². The fourth-order valence-corrected chi connectivity index (χ4v) is 3.04. The van der Waals surface area contributed by atoms with Gasteiger partial charge in [0, 0.05) is 49.6 Å². The second-order valence-corrected chi connectivity index (χ2v) is 5.96. The number of benzene rings is 2. The number of nitriles is 1. The number of hydrogen-bond acceptors (Lipinski definition) is 6. The van der Waals surface area contributed by atoms with Gasteiger partial charge in [0.15, 0.2) is 0 Å². The molecule has 1 fully saturated rings. The van der Waals surface area contributed by atoms with E-state index < -0.39 is 10.8 Å². The third-order valence-corrected chi connectivity index (χ3v) is 4.45. The topological polar surface area (TPSA) is 116 Å². The summed E-state index contributed by atoms with van der Waals surface area (Å²) < 4.78 is 0. The van der Waals surface area contributed by atoms with Crippen LogP contribution in [0, 0.1) is 21.4 Å². The van der Waals surface area contributed by atoms with Crippen LogP contribution in [-0.2, 0) is 0 Å². The standard InChI is InChI=1S/C18H17N5O3/c19-12-14-11-16(23(25)26)5-6-17(14)22-9-7-21(8-10-22)15-3-1-13(2-4-15)18(20)24/h1-6,11H,7-10H2,(H2,20,24). The molecule has 1 heterocycles. The van der Waals surface area contributed by atoms with Gasteiger partial charge in [-0.2, -0.15) is 5.26 Å². The minimum absolute atomic E-state index is 0.0847. The highest BCUT2D eigenvalue weighted by atomic mass is 16.6. The third kappa shape index (κ3) is 3.42. The van der Waals surface area contributed by atoms with Crippen LogP contribution >= 0.6 is 0 Å². The molecule has 0 unspecified atom stereocenters. The number of anilines is 2. The maximum Gasteiger partial charge on any atom is 0.270 e. The first-order valence-corrected chi connectivity index (χ1v) is 8.08. The van der Waals surface area contributed by atoms with Crippen LogP contribution in [0.5, 0.6) is 0 Å². The molecular weight excluding hydrogens is 334 g/mol. The molecule has 26 heavy (non-hydrogen) atoms. The van der Waals surface area contributed by atoms with Crippen LogP contribution in [0.2, 0.25) is 0 Å². The fourth-order valence-electron chi connectivity index (χ4n) is 3.04. The zero-order chi connectivity index (χ0) is 18.7. The number of nitrogens with two attached hydrogens (primary N) is 1. The number of amides is 1. The average molecular weight is 351 g/mol. The third-order valence-electron chi connectivity index (χ3n) is 4.45. The Hall–Kier alpha value is -3.60. The highest BCUT2D eigenvalue weighted by Gasteiger charge is 2.21. The van der Waals surface area contributed by atoms with Crippen LogP contribution in [0.3, 0.4) is 0 Å². The number of nitro benzene ring substituents is 1. The van der Waals surface area contributed by atoms with Crippen LogP contribution in [0.4, 0.5) is 17.1 Å². The second-order valence-electron chi connectivity index (χ2n) is 5.96. The highest BCUT2D eigenvalue weighted by molar-refractivity contribution is 5.93. The van der Waals surface area contributed by atoms with Crippen LogP contribution < -0.4 is 15.5 Å². The zero-order valence-electron chi connectivity index (χ0n) is 14.0.